The summed E-state index contributed by atoms with van der Waals surface area (Å²) in [6.45, 7) is 8.64. The van der Waals surface area contributed by atoms with Gasteiger partial charge in [-0.3, -0.25) is 19.5 Å². The molecule has 1 unspecified atom stereocenters. The topological polar surface area (TPSA) is 79.7 Å². The number of anilines is 1. The number of amides is 1. The molecule has 2 heterocycles. The molecule has 1 aliphatic heterocycles. The van der Waals surface area contributed by atoms with Crippen LogP contribution in [0.1, 0.15) is 54.6 Å². The molecule has 0 radical (unpaired) electrons. The van der Waals surface area contributed by atoms with Gasteiger partial charge in [0.25, 0.3) is 11.7 Å². The van der Waals surface area contributed by atoms with Crippen LogP contribution in [0.25, 0.3) is 5.76 Å². The van der Waals surface area contributed by atoms with Gasteiger partial charge in [0.1, 0.15) is 18.1 Å². The second-order valence-electron chi connectivity index (χ2n) is 11.0. The standard InChI is InChI=1S/C34H32N2O4/c1-22-20-25(10-15-28(22)40-21-23-8-6-5-7-9-23)31(37)29-30(24-16-18-35-19-17-24)36(33(39)32(29)38)27-13-11-26(12-14-27)34(2,3)4/h5-20,30,37H,21H2,1-4H3/b31-29-. The van der Waals surface area contributed by atoms with Gasteiger partial charge in [0, 0.05) is 23.6 Å². The Morgan fingerprint density at radius 2 is 1.60 bits per heavy atom. The summed E-state index contributed by atoms with van der Waals surface area (Å²) in [5.74, 6) is -0.982. The van der Waals surface area contributed by atoms with Crippen LogP contribution in [0.4, 0.5) is 5.69 Å². The Kier molecular flexibility index (Phi) is 7.26. The third-order valence-electron chi connectivity index (χ3n) is 7.16. The highest BCUT2D eigenvalue weighted by atomic mass is 16.5. The average Bonchev–Trinajstić information content (AvgIpc) is 3.22. The molecule has 1 aliphatic rings. The van der Waals surface area contributed by atoms with Crippen LogP contribution in [0.15, 0.2) is 103 Å². The van der Waals surface area contributed by atoms with Crippen LogP contribution < -0.4 is 9.64 Å². The molecule has 1 atom stereocenters. The van der Waals surface area contributed by atoms with Crippen molar-refractivity contribution in [3.05, 3.63) is 131 Å². The first-order chi connectivity index (χ1) is 19.1. The molecule has 1 amide bonds. The van der Waals surface area contributed by atoms with E-state index in [2.05, 4.69) is 25.8 Å². The maximum Gasteiger partial charge on any atom is 0.300 e. The van der Waals surface area contributed by atoms with Crippen LogP contribution in [0, 0.1) is 6.92 Å². The maximum absolute atomic E-state index is 13.5. The van der Waals surface area contributed by atoms with Gasteiger partial charge in [0.05, 0.1) is 11.6 Å². The Hall–Kier alpha value is -4.71. The molecule has 0 aliphatic carbocycles. The van der Waals surface area contributed by atoms with Crippen LogP contribution in [-0.4, -0.2) is 21.8 Å². The highest BCUT2D eigenvalue weighted by molar-refractivity contribution is 6.51. The molecule has 0 spiro atoms. The van der Waals surface area contributed by atoms with Crippen LogP contribution in [-0.2, 0) is 21.6 Å². The summed E-state index contributed by atoms with van der Waals surface area (Å²) in [6.07, 6.45) is 3.22. The highest BCUT2D eigenvalue weighted by Gasteiger charge is 2.47. The summed E-state index contributed by atoms with van der Waals surface area (Å²) in [5, 5.41) is 11.5. The number of carbonyl (C=O) groups is 2. The Labute approximate surface area is 234 Å². The van der Waals surface area contributed by atoms with Crippen molar-refractivity contribution in [2.45, 2.75) is 45.8 Å². The molecular weight excluding hydrogens is 500 g/mol. The van der Waals surface area contributed by atoms with Gasteiger partial charge in [0.2, 0.25) is 0 Å². The number of rotatable bonds is 6. The minimum atomic E-state index is -0.808. The zero-order chi connectivity index (χ0) is 28.4. The summed E-state index contributed by atoms with van der Waals surface area (Å²) >= 11 is 0. The molecule has 1 aromatic heterocycles. The summed E-state index contributed by atoms with van der Waals surface area (Å²) in [7, 11) is 0. The number of carbonyl (C=O) groups excluding carboxylic acids is 2. The lowest BCUT2D eigenvalue weighted by Crippen LogP contribution is -2.29. The van der Waals surface area contributed by atoms with Crippen LogP contribution in [0.5, 0.6) is 5.75 Å². The van der Waals surface area contributed by atoms with E-state index in [4.69, 9.17) is 4.74 Å². The molecule has 6 nitrogen and oxygen atoms in total. The van der Waals surface area contributed by atoms with E-state index in [1.165, 1.54) is 4.90 Å². The molecule has 4 aromatic rings. The van der Waals surface area contributed by atoms with Gasteiger partial charge >= 0.3 is 0 Å². The van der Waals surface area contributed by atoms with Gasteiger partial charge in [-0.2, -0.15) is 0 Å². The second-order valence-corrected chi connectivity index (χ2v) is 11.0. The normalized spacial score (nSPS) is 16.8. The minimum Gasteiger partial charge on any atom is -0.507 e. The van der Waals surface area contributed by atoms with E-state index in [1.807, 2.05) is 61.5 Å². The number of hydrogen-bond donors (Lipinski definition) is 1. The van der Waals surface area contributed by atoms with Gasteiger partial charge in [-0.15, -0.1) is 0 Å². The van der Waals surface area contributed by atoms with Gasteiger partial charge < -0.3 is 9.84 Å². The molecule has 3 aromatic carbocycles. The van der Waals surface area contributed by atoms with E-state index < -0.39 is 17.7 Å². The van der Waals surface area contributed by atoms with Crippen LogP contribution in [0.3, 0.4) is 0 Å². The lowest BCUT2D eigenvalue weighted by atomic mass is 9.87. The van der Waals surface area contributed by atoms with Gasteiger partial charge in [0.15, 0.2) is 0 Å². The van der Waals surface area contributed by atoms with Gasteiger partial charge in [-0.25, -0.2) is 0 Å². The van der Waals surface area contributed by atoms with E-state index in [9.17, 15) is 14.7 Å². The quantitative estimate of drug-likeness (QED) is 0.166. The first kappa shape index (κ1) is 26.9. The molecule has 202 valence electrons. The largest absolute Gasteiger partial charge is 0.507 e. The van der Waals surface area contributed by atoms with E-state index in [-0.39, 0.29) is 16.7 Å². The maximum atomic E-state index is 13.5. The Morgan fingerprint density at radius 3 is 2.23 bits per heavy atom. The number of ether oxygens (including phenoxy) is 1. The summed E-state index contributed by atoms with van der Waals surface area (Å²) < 4.78 is 5.99. The number of aromatic nitrogens is 1. The zero-order valence-corrected chi connectivity index (χ0v) is 23.1. The van der Waals surface area contributed by atoms with Crippen molar-refractivity contribution in [3.63, 3.8) is 0 Å². The lowest BCUT2D eigenvalue weighted by molar-refractivity contribution is -0.132. The van der Waals surface area contributed by atoms with Gasteiger partial charge in [-0.05, 0) is 77.1 Å². The van der Waals surface area contributed by atoms with Crippen molar-refractivity contribution in [1.29, 1.82) is 0 Å². The van der Waals surface area contributed by atoms with E-state index >= 15 is 0 Å². The van der Waals surface area contributed by atoms with E-state index in [1.54, 1.807) is 42.7 Å². The smallest absolute Gasteiger partial charge is 0.300 e. The molecular formula is C34H32N2O4. The van der Waals surface area contributed by atoms with Crippen molar-refractivity contribution < 1.29 is 19.4 Å². The summed E-state index contributed by atoms with van der Waals surface area (Å²) in [5.41, 5.74) is 4.62. The number of hydrogen-bond acceptors (Lipinski definition) is 5. The molecule has 40 heavy (non-hydrogen) atoms. The number of ketones is 1. The number of aryl methyl sites for hydroxylation is 1. The Balaban J connectivity index is 1.54. The SMILES string of the molecule is Cc1cc(/C(O)=C2/C(=O)C(=O)N(c3ccc(C(C)(C)C)cc3)C2c2ccncc2)ccc1OCc1ccccc1. The number of aliphatic hydroxyl groups is 1. The van der Waals surface area contributed by atoms with Crippen molar-refractivity contribution in [2.75, 3.05) is 4.90 Å². The summed E-state index contributed by atoms with van der Waals surface area (Å²) in [6, 6.07) is 25.4. The predicted octanol–water partition coefficient (Wildman–Crippen LogP) is 6.89. The highest BCUT2D eigenvalue weighted by Crippen LogP contribution is 2.42. The minimum absolute atomic E-state index is 0.0356. The molecule has 6 heteroatoms. The Bertz CT molecular complexity index is 1570. The third-order valence-corrected chi connectivity index (χ3v) is 7.16. The molecule has 5 rings (SSSR count). The molecule has 0 saturated carbocycles. The average molecular weight is 533 g/mol. The molecule has 1 N–H and O–H groups in total. The van der Waals surface area contributed by atoms with Gasteiger partial charge in [-0.1, -0.05) is 63.2 Å². The fourth-order valence-corrected chi connectivity index (χ4v) is 4.93. The van der Waals surface area contributed by atoms with E-state index in [0.717, 1.165) is 16.7 Å². The van der Waals surface area contributed by atoms with Crippen molar-refractivity contribution in [1.82, 2.24) is 4.98 Å². The predicted molar refractivity (Wildman–Crippen MR) is 156 cm³/mol. The summed E-state index contributed by atoms with van der Waals surface area (Å²) in [4.78, 5) is 32.5. The number of pyridine rings is 1. The fraction of sp³-hybridized carbons (Fsp3) is 0.206. The van der Waals surface area contributed by atoms with Crippen LogP contribution in [0.2, 0.25) is 0 Å². The van der Waals surface area contributed by atoms with E-state index in [0.29, 0.717) is 29.2 Å². The first-order valence-corrected chi connectivity index (χ1v) is 13.2. The number of aliphatic hydroxyl groups excluding tert-OH is 1. The van der Waals surface area contributed by atoms with Crippen molar-refractivity contribution in [2.24, 2.45) is 0 Å². The van der Waals surface area contributed by atoms with Crippen molar-refractivity contribution >= 4 is 23.1 Å². The van der Waals surface area contributed by atoms with Crippen LogP contribution >= 0.6 is 0 Å². The second kappa shape index (κ2) is 10.8. The molecule has 1 saturated heterocycles. The fourth-order valence-electron chi connectivity index (χ4n) is 4.93. The Morgan fingerprint density at radius 1 is 0.925 bits per heavy atom. The zero-order valence-electron chi connectivity index (χ0n) is 23.1. The monoisotopic (exact) mass is 532 g/mol. The molecule has 0 bridgehead atoms. The number of benzene rings is 3. The first-order valence-electron chi connectivity index (χ1n) is 13.2. The van der Waals surface area contributed by atoms with Crippen molar-refractivity contribution in [3.8, 4) is 5.75 Å². The lowest BCUT2D eigenvalue weighted by Gasteiger charge is -2.26. The number of nitrogens with zero attached hydrogens (tertiary/aromatic N) is 2. The third kappa shape index (κ3) is 5.25. The number of Topliss-reactive ketones (excluding diaryl/α,β-unsaturated/α-hetero) is 1. The molecule has 1 fully saturated rings.